The van der Waals surface area contributed by atoms with Gasteiger partial charge in [0.05, 0.1) is 43.4 Å². The summed E-state index contributed by atoms with van der Waals surface area (Å²) in [4.78, 5) is 25.5. The van der Waals surface area contributed by atoms with E-state index >= 15 is 0 Å². The summed E-state index contributed by atoms with van der Waals surface area (Å²) in [7, 11) is 0. The van der Waals surface area contributed by atoms with Gasteiger partial charge < -0.3 is 9.72 Å². The summed E-state index contributed by atoms with van der Waals surface area (Å²) in [5.74, 6) is 0. The number of nitrogens with one attached hydrogen (secondary N) is 1. The first-order valence-corrected chi connectivity index (χ1v) is 7.96. The van der Waals surface area contributed by atoms with Crippen molar-refractivity contribution in [3.8, 4) is 11.3 Å². The molecular weight excluding hydrogens is 308 g/mol. The Kier molecular flexibility index (Phi) is 4.06. The molecule has 1 saturated heterocycles. The number of pyridine rings is 1. The van der Waals surface area contributed by atoms with Crippen LogP contribution in [0.1, 0.15) is 0 Å². The molecule has 1 aliphatic rings. The summed E-state index contributed by atoms with van der Waals surface area (Å²) in [5.41, 5.74) is 1.97. The number of nitrogens with zero attached hydrogens (tertiary/aromatic N) is 5. The van der Waals surface area contributed by atoms with E-state index in [0.717, 1.165) is 45.0 Å². The zero-order valence-corrected chi connectivity index (χ0v) is 13.2. The number of aromatic amines is 1. The Balaban J connectivity index is 1.56. The minimum Gasteiger partial charge on any atom is -0.379 e. The van der Waals surface area contributed by atoms with Crippen molar-refractivity contribution in [3.63, 3.8) is 0 Å². The maximum absolute atomic E-state index is 11.9. The summed E-state index contributed by atoms with van der Waals surface area (Å²) in [5, 5.41) is 4.94. The maximum Gasteiger partial charge on any atom is 0.258 e. The van der Waals surface area contributed by atoms with Gasteiger partial charge in [0.1, 0.15) is 5.52 Å². The molecular formula is C16H18N6O2. The molecule has 0 radical (unpaired) electrons. The van der Waals surface area contributed by atoms with Gasteiger partial charge in [0, 0.05) is 37.6 Å². The summed E-state index contributed by atoms with van der Waals surface area (Å²) in [6, 6.07) is 1.67. The number of aromatic nitrogens is 5. The van der Waals surface area contributed by atoms with Crippen LogP contribution < -0.4 is 5.56 Å². The second-order valence-electron chi connectivity index (χ2n) is 5.73. The van der Waals surface area contributed by atoms with Crippen LogP contribution in [0.5, 0.6) is 0 Å². The molecule has 0 saturated carbocycles. The summed E-state index contributed by atoms with van der Waals surface area (Å²) in [6.07, 6.45) is 6.74. The summed E-state index contributed by atoms with van der Waals surface area (Å²) in [6.45, 7) is 5.26. The van der Waals surface area contributed by atoms with E-state index in [4.69, 9.17) is 4.74 Å². The van der Waals surface area contributed by atoms with Gasteiger partial charge in [0.25, 0.3) is 5.56 Å². The lowest BCUT2D eigenvalue weighted by molar-refractivity contribution is 0.0360. The lowest BCUT2D eigenvalue weighted by Gasteiger charge is -2.26. The number of rotatable bonds is 4. The molecule has 4 heterocycles. The van der Waals surface area contributed by atoms with E-state index in [1.165, 1.54) is 6.33 Å². The molecule has 3 aromatic heterocycles. The van der Waals surface area contributed by atoms with E-state index in [1.807, 2.05) is 10.9 Å². The van der Waals surface area contributed by atoms with Gasteiger partial charge in [0.2, 0.25) is 0 Å². The smallest absolute Gasteiger partial charge is 0.258 e. The highest BCUT2D eigenvalue weighted by Crippen LogP contribution is 2.22. The Labute approximate surface area is 138 Å². The van der Waals surface area contributed by atoms with Gasteiger partial charge >= 0.3 is 0 Å². The SMILES string of the molecule is O=c1[nH]cnc2c(-c3cnn(CCN4CCOCC4)c3)nccc12. The monoisotopic (exact) mass is 326 g/mol. The fourth-order valence-electron chi connectivity index (χ4n) is 2.89. The predicted molar refractivity (Wildman–Crippen MR) is 88.6 cm³/mol. The van der Waals surface area contributed by atoms with Gasteiger partial charge in [-0.15, -0.1) is 0 Å². The van der Waals surface area contributed by atoms with Crippen molar-refractivity contribution >= 4 is 10.9 Å². The van der Waals surface area contributed by atoms with Crippen LogP contribution in [0.15, 0.2) is 35.8 Å². The van der Waals surface area contributed by atoms with E-state index < -0.39 is 0 Å². The number of H-pyrrole nitrogens is 1. The van der Waals surface area contributed by atoms with Crippen LogP contribution in [-0.2, 0) is 11.3 Å². The first kappa shape index (κ1) is 15.0. The number of ether oxygens (including phenoxy) is 1. The van der Waals surface area contributed by atoms with Crippen molar-refractivity contribution in [2.24, 2.45) is 0 Å². The molecule has 8 nitrogen and oxygen atoms in total. The molecule has 24 heavy (non-hydrogen) atoms. The lowest BCUT2D eigenvalue weighted by Crippen LogP contribution is -2.38. The van der Waals surface area contributed by atoms with E-state index in [-0.39, 0.29) is 5.56 Å². The maximum atomic E-state index is 11.9. The number of hydrogen-bond donors (Lipinski definition) is 1. The predicted octanol–water partition coefficient (Wildman–Crippen LogP) is 0.514. The van der Waals surface area contributed by atoms with Crippen molar-refractivity contribution in [3.05, 3.63) is 41.3 Å². The number of fused-ring (bicyclic) bond motifs is 1. The first-order chi connectivity index (χ1) is 11.8. The minimum absolute atomic E-state index is 0.164. The Morgan fingerprint density at radius 1 is 1.21 bits per heavy atom. The highest BCUT2D eigenvalue weighted by atomic mass is 16.5. The molecule has 0 atom stereocenters. The molecule has 4 rings (SSSR count). The largest absolute Gasteiger partial charge is 0.379 e. The average molecular weight is 326 g/mol. The van der Waals surface area contributed by atoms with Crippen molar-refractivity contribution in [1.29, 1.82) is 0 Å². The molecule has 1 fully saturated rings. The van der Waals surface area contributed by atoms with E-state index in [0.29, 0.717) is 16.6 Å². The molecule has 0 unspecified atom stereocenters. The molecule has 1 N–H and O–H groups in total. The van der Waals surface area contributed by atoms with Crippen LogP contribution in [0, 0.1) is 0 Å². The van der Waals surface area contributed by atoms with Gasteiger partial charge in [-0.1, -0.05) is 0 Å². The summed E-state index contributed by atoms with van der Waals surface area (Å²) < 4.78 is 7.26. The van der Waals surface area contributed by atoms with Gasteiger partial charge in [-0.05, 0) is 6.07 Å². The van der Waals surface area contributed by atoms with Crippen molar-refractivity contribution < 1.29 is 4.74 Å². The van der Waals surface area contributed by atoms with Crippen LogP contribution in [0.25, 0.3) is 22.2 Å². The third-order valence-corrected chi connectivity index (χ3v) is 4.21. The summed E-state index contributed by atoms with van der Waals surface area (Å²) >= 11 is 0. The molecule has 3 aromatic rings. The normalized spacial score (nSPS) is 15.8. The van der Waals surface area contributed by atoms with Gasteiger partial charge in [-0.3, -0.25) is 19.4 Å². The molecule has 0 aliphatic carbocycles. The average Bonchev–Trinajstić information content (AvgIpc) is 3.10. The Morgan fingerprint density at radius 3 is 2.96 bits per heavy atom. The highest BCUT2D eigenvalue weighted by Gasteiger charge is 2.12. The molecule has 124 valence electrons. The zero-order chi connectivity index (χ0) is 16.4. The van der Waals surface area contributed by atoms with Crippen LogP contribution in [0.4, 0.5) is 0 Å². The Hall–Kier alpha value is -2.58. The van der Waals surface area contributed by atoms with E-state index in [1.54, 1.807) is 18.5 Å². The fourth-order valence-corrected chi connectivity index (χ4v) is 2.89. The second kappa shape index (κ2) is 6.50. The molecule has 1 aliphatic heterocycles. The molecule has 0 bridgehead atoms. The molecule has 0 spiro atoms. The molecule has 0 amide bonds. The van der Waals surface area contributed by atoms with Crippen molar-refractivity contribution in [2.45, 2.75) is 6.54 Å². The first-order valence-electron chi connectivity index (χ1n) is 7.96. The van der Waals surface area contributed by atoms with Crippen LogP contribution >= 0.6 is 0 Å². The Bertz CT molecular complexity index is 897. The standard InChI is InChI=1S/C16H18N6O2/c23-16-13-1-2-17-14(15(13)18-11-19-16)12-9-20-22(10-12)4-3-21-5-7-24-8-6-21/h1-2,9-11H,3-8H2,(H,18,19,23). The van der Waals surface area contributed by atoms with Gasteiger partial charge in [-0.2, -0.15) is 5.10 Å². The fraction of sp³-hybridized carbons (Fsp3) is 0.375. The van der Waals surface area contributed by atoms with Crippen molar-refractivity contribution in [1.82, 2.24) is 29.6 Å². The number of hydrogen-bond acceptors (Lipinski definition) is 6. The van der Waals surface area contributed by atoms with Crippen LogP contribution in [0.2, 0.25) is 0 Å². The van der Waals surface area contributed by atoms with Crippen LogP contribution in [-0.4, -0.2) is 62.5 Å². The third-order valence-electron chi connectivity index (χ3n) is 4.21. The number of morpholine rings is 1. The van der Waals surface area contributed by atoms with Gasteiger partial charge in [-0.25, -0.2) is 4.98 Å². The molecule has 8 heteroatoms. The van der Waals surface area contributed by atoms with Crippen molar-refractivity contribution in [2.75, 3.05) is 32.8 Å². The quantitative estimate of drug-likeness (QED) is 0.752. The van der Waals surface area contributed by atoms with Crippen LogP contribution in [0.3, 0.4) is 0 Å². The zero-order valence-electron chi connectivity index (χ0n) is 13.2. The third kappa shape index (κ3) is 2.93. The lowest BCUT2D eigenvalue weighted by atomic mass is 10.1. The van der Waals surface area contributed by atoms with E-state index in [2.05, 4.69) is 25.0 Å². The highest BCUT2D eigenvalue weighted by molar-refractivity contribution is 5.90. The molecule has 0 aromatic carbocycles. The second-order valence-corrected chi connectivity index (χ2v) is 5.73. The topological polar surface area (TPSA) is 88.9 Å². The van der Waals surface area contributed by atoms with E-state index in [9.17, 15) is 4.79 Å². The Morgan fingerprint density at radius 2 is 2.08 bits per heavy atom. The minimum atomic E-state index is -0.164. The van der Waals surface area contributed by atoms with Gasteiger partial charge in [0.15, 0.2) is 0 Å².